The summed E-state index contributed by atoms with van der Waals surface area (Å²) in [5.74, 6) is 0.348. The smallest absolute Gasteiger partial charge is 0.133 e. The number of nitrogens with zero attached hydrogens (tertiary/aromatic N) is 1. The van der Waals surface area contributed by atoms with Crippen LogP contribution >= 0.6 is 0 Å². The molecule has 0 saturated heterocycles. The molecule has 0 unspecified atom stereocenters. The second-order valence-corrected chi connectivity index (χ2v) is 5.42. The first kappa shape index (κ1) is 12.9. The van der Waals surface area contributed by atoms with Gasteiger partial charge >= 0.3 is 0 Å². The molecule has 2 nitrogen and oxygen atoms in total. The van der Waals surface area contributed by atoms with Gasteiger partial charge in [-0.15, -0.1) is 0 Å². The minimum absolute atomic E-state index is 0.251. The van der Waals surface area contributed by atoms with Gasteiger partial charge in [0.15, 0.2) is 0 Å². The molecule has 0 aliphatic rings. The summed E-state index contributed by atoms with van der Waals surface area (Å²) in [6.45, 7) is 6.50. The van der Waals surface area contributed by atoms with E-state index in [1.54, 1.807) is 6.20 Å². The molecule has 1 aromatic heterocycles. The Balaban J connectivity index is 2.26. The Morgan fingerprint density at radius 3 is 2.56 bits per heavy atom. The van der Waals surface area contributed by atoms with Gasteiger partial charge in [-0.2, -0.15) is 0 Å². The molecule has 0 radical (unpaired) electrons. The van der Waals surface area contributed by atoms with Crippen LogP contribution < -0.4 is 0 Å². The summed E-state index contributed by atoms with van der Waals surface area (Å²) in [5, 5.41) is 0. The molecule has 1 rings (SSSR count). The molecule has 16 heavy (non-hydrogen) atoms. The molecule has 88 valence electrons. The van der Waals surface area contributed by atoms with Crippen molar-refractivity contribution in [3.63, 3.8) is 0 Å². The molecule has 1 heterocycles. The highest BCUT2D eigenvalue weighted by atomic mass is 16.1. The lowest BCUT2D eigenvalue weighted by Crippen LogP contribution is -2.09. The Kier molecular flexibility index (Phi) is 4.66. The first-order valence-electron chi connectivity index (χ1n) is 5.89. The van der Waals surface area contributed by atoms with Gasteiger partial charge in [0, 0.05) is 24.7 Å². The number of aromatic nitrogens is 1. The minimum Gasteiger partial charge on any atom is -0.300 e. The number of carbonyl (C=O) groups is 1. The topological polar surface area (TPSA) is 30.0 Å². The van der Waals surface area contributed by atoms with Crippen LogP contribution in [0.1, 0.15) is 45.7 Å². The lowest BCUT2D eigenvalue weighted by Gasteiger charge is -2.16. The Hall–Kier alpha value is -1.18. The first-order chi connectivity index (χ1) is 7.47. The molecule has 1 aromatic rings. The molecular weight excluding hydrogens is 198 g/mol. The highest BCUT2D eigenvalue weighted by Gasteiger charge is 2.12. The Morgan fingerprint density at radius 1 is 1.25 bits per heavy atom. The predicted octanol–water partition coefficient (Wildman–Crippen LogP) is 3.41. The van der Waals surface area contributed by atoms with E-state index in [0.717, 1.165) is 18.5 Å². The van der Waals surface area contributed by atoms with E-state index in [1.165, 1.54) is 0 Å². The zero-order chi connectivity index (χ0) is 12.0. The Morgan fingerprint density at radius 2 is 2.00 bits per heavy atom. The van der Waals surface area contributed by atoms with Crippen LogP contribution in [0.5, 0.6) is 0 Å². The molecule has 2 heteroatoms. The van der Waals surface area contributed by atoms with Crippen molar-refractivity contribution in [2.75, 3.05) is 0 Å². The molecule has 0 aliphatic heterocycles. The summed E-state index contributed by atoms with van der Waals surface area (Å²) in [7, 11) is 0. The molecule has 0 aliphatic carbocycles. The van der Waals surface area contributed by atoms with E-state index in [1.807, 2.05) is 18.2 Å². The highest BCUT2D eigenvalue weighted by Crippen LogP contribution is 2.21. The van der Waals surface area contributed by atoms with Crippen LogP contribution in [-0.4, -0.2) is 10.8 Å². The number of rotatable bonds is 5. The van der Waals surface area contributed by atoms with E-state index in [9.17, 15) is 4.79 Å². The van der Waals surface area contributed by atoms with Crippen LogP contribution in [0, 0.1) is 5.41 Å². The maximum Gasteiger partial charge on any atom is 0.133 e. The van der Waals surface area contributed by atoms with Crippen molar-refractivity contribution in [2.45, 2.75) is 46.5 Å². The maximum atomic E-state index is 11.6. The van der Waals surface area contributed by atoms with E-state index in [2.05, 4.69) is 25.8 Å². The molecule has 0 bridgehead atoms. The Labute approximate surface area is 98.1 Å². The van der Waals surface area contributed by atoms with Crippen molar-refractivity contribution < 1.29 is 4.79 Å². The summed E-state index contributed by atoms with van der Waals surface area (Å²) >= 11 is 0. The van der Waals surface area contributed by atoms with Gasteiger partial charge in [0.25, 0.3) is 0 Å². The minimum atomic E-state index is 0.251. The maximum absolute atomic E-state index is 11.6. The van der Waals surface area contributed by atoms with Crippen LogP contribution in [0.3, 0.4) is 0 Å². The predicted molar refractivity (Wildman–Crippen MR) is 66.3 cm³/mol. The molecule has 0 saturated carbocycles. The fraction of sp³-hybridized carbons (Fsp3) is 0.571. The fourth-order valence-electron chi connectivity index (χ4n) is 1.45. The number of carbonyl (C=O) groups excluding carboxylic acids is 1. The second kappa shape index (κ2) is 5.78. The third kappa shape index (κ3) is 5.64. The lowest BCUT2D eigenvalue weighted by atomic mass is 9.89. The molecule has 0 amide bonds. The number of ketones is 1. The summed E-state index contributed by atoms with van der Waals surface area (Å²) in [4.78, 5) is 15.8. The average molecular weight is 219 g/mol. The lowest BCUT2D eigenvalue weighted by molar-refractivity contribution is -0.119. The zero-order valence-electron chi connectivity index (χ0n) is 10.5. The van der Waals surface area contributed by atoms with Crippen molar-refractivity contribution in [2.24, 2.45) is 5.41 Å². The number of Topliss-reactive ketones (excluding diaryl/α,β-unsaturated/α-hetero) is 1. The number of pyridine rings is 1. The van der Waals surface area contributed by atoms with Crippen molar-refractivity contribution in [1.82, 2.24) is 4.98 Å². The third-order valence-corrected chi connectivity index (χ3v) is 2.54. The van der Waals surface area contributed by atoms with E-state index in [4.69, 9.17) is 0 Å². The molecule has 0 aromatic carbocycles. The van der Waals surface area contributed by atoms with Crippen molar-refractivity contribution in [1.29, 1.82) is 0 Å². The summed E-state index contributed by atoms with van der Waals surface area (Å²) < 4.78 is 0. The average Bonchev–Trinajstić information content (AvgIpc) is 2.24. The number of aryl methyl sites for hydroxylation is 1. The van der Waals surface area contributed by atoms with Gasteiger partial charge in [-0.25, -0.2) is 0 Å². The first-order valence-corrected chi connectivity index (χ1v) is 5.89. The third-order valence-electron chi connectivity index (χ3n) is 2.54. The molecule has 0 spiro atoms. The zero-order valence-corrected chi connectivity index (χ0v) is 10.5. The summed E-state index contributed by atoms with van der Waals surface area (Å²) in [6.07, 6.45) is 4.82. The van der Waals surface area contributed by atoms with Crippen LogP contribution in [0.2, 0.25) is 0 Å². The van der Waals surface area contributed by atoms with Crippen LogP contribution in [-0.2, 0) is 11.2 Å². The van der Waals surface area contributed by atoms with Gasteiger partial charge in [-0.05, 0) is 30.4 Å². The molecule has 0 atom stereocenters. The second-order valence-electron chi connectivity index (χ2n) is 5.42. The SMILES string of the molecule is CC(C)(C)CCC(=O)CCc1ccccn1. The van der Waals surface area contributed by atoms with E-state index in [-0.39, 0.29) is 5.41 Å². The van der Waals surface area contributed by atoms with E-state index in [0.29, 0.717) is 18.6 Å². The van der Waals surface area contributed by atoms with Crippen LogP contribution in [0.25, 0.3) is 0 Å². The summed E-state index contributed by atoms with van der Waals surface area (Å²) in [6, 6.07) is 5.82. The van der Waals surface area contributed by atoms with Crippen molar-refractivity contribution in [3.05, 3.63) is 30.1 Å². The standard InChI is InChI=1S/C14H21NO/c1-14(2,3)10-9-13(16)8-7-12-6-4-5-11-15-12/h4-6,11H,7-10H2,1-3H3. The Bertz CT molecular complexity index is 324. The number of hydrogen-bond donors (Lipinski definition) is 0. The van der Waals surface area contributed by atoms with Crippen LogP contribution in [0.4, 0.5) is 0 Å². The molecule has 0 fully saturated rings. The molecular formula is C14H21NO. The van der Waals surface area contributed by atoms with Gasteiger partial charge in [-0.1, -0.05) is 26.8 Å². The highest BCUT2D eigenvalue weighted by molar-refractivity contribution is 5.78. The van der Waals surface area contributed by atoms with E-state index < -0.39 is 0 Å². The van der Waals surface area contributed by atoms with E-state index >= 15 is 0 Å². The largest absolute Gasteiger partial charge is 0.300 e. The summed E-state index contributed by atoms with van der Waals surface area (Å²) in [5.41, 5.74) is 1.26. The van der Waals surface area contributed by atoms with Gasteiger partial charge in [0.2, 0.25) is 0 Å². The molecule has 0 N–H and O–H groups in total. The van der Waals surface area contributed by atoms with Crippen molar-refractivity contribution >= 4 is 5.78 Å². The van der Waals surface area contributed by atoms with Gasteiger partial charge < -0.3 is 0 Å². The normalized spacial score (nSPS) is 11.4. The monoisotopic (exact) mass is 219 g/mol. The number of hydrogen-bond acceptors (Lipinski definition) is 2. The van der Waals surface area contributed by atoms with Crippen molar-refractivity contribution in [3.8, 4) is 0 Å². The van der Waals surface area contributed by atoms with Gasteiger partial charge in [0.1, 0.15) is 5.78 Å². The fourth-order valence-corrected chi connectivity index (χ4v) is 1.45. The van der Waals surface area contributed by atoms with Gasteiger partial charge in [-0.3, -0.25) is 9.78 Å². The van der Waals surface area contributed by atoms with Crippen LogP contribution in [0.15, 0.2) is 24.4 Å². The van der Waals surface area contributed by atoms with Gasteiger partial charge in [0.05, 0.1) is 0 Å². The quantitative estimate of drug-likeness (QED) is 0.759.